The fraction of sp³-hybridized carbons (Fsp3) is 0.600. The van der Waals surface area contributed by atoms with Gasteiger partial charge >= 0.3 is 11.8 Å². The average molecular weight is 433 g/mol. The number of hydrogen-bond acceptors (Lipinski definition) is 2. The van der Waals surface area contributed by atoms with Crippen LogP contribution < -0.4 is 10.6 Å². The van der Waals surface area contributed by atoms with Gasteiger partial charge in [-0.1, -0.05) is 12.1 Å². The van der Waals surface area contributed by atoms with Gasteiger partial charge in [0.1, 0.15) is 11.9 Å². The summed E-state index contributed by atoms with van der Waals surface area (Å²) in [5, 5.41) is 4.32. The van der Waals surface area contributed by atoms with Crippen LogP contribution in [0.3, 0.4) is 0 Å². The number of hydrogen-bond donors (Lipinski definition) is 2. The Labute approximate surface area is 169 Å². The minimum atomic E-state index is -4.92. The Morgan fingerprint density at radius 1 is 1.17 bits per heavy atom. The lowest BCUT2D eigenvalue weighted by atomic mass is 9.99. The number of halogens is 6. The Balaban J connectivity index is 1.83. The van der Waals surface area contributed by atoms with Gasteiger partial charge in [0.15, 0.2) is 0 Å². The van der Waals surface area contributed by atoms with Crippen LogP contribution in [-0.2, 0) is 4.79 Å². The van der Waals surface area contributed by atoms with E-state index in [0.717, 1.165) is 24.3 Å². The van der Waals surface area contributed by atoms with Crippen LogP contribution in [-0.4, -0.2) is 29.7 Å². The Morgan fingerprint density at radius 2 is 1.77 bits per heavy atom. The van der Waals surface area contributed by atoms with Crippen LogP contribution in [0.1, 0.15) is 50.1 Å². The van der Waals surface area contributed by atoms with Crippen LogP contribution in [0.25, 0.3) is 4.85 Å². The topological polar surface area (TPSA) is 45.5 Å². The molecule has 1 amide bonds. The molecule has 2 fully saturated rings. The number of carbonyl (C=O) groups is 1. The van der Waals surface area contributed by atoms with E-state index in [9.17, 15) is 31.1 Å². The lowest BCUT2D eigenvalue weighted by Gasteiger charge is -2.29. The summed E-state index contributed by atoms with van der Waals surface area (Å²) in [4.78, 5) is 15.9. The SMILES string of the molecule is [C-]#[N+]C1(NC(=O)[C@H](CC(F)(F)CC2CC2)N[C@@H](c2ccc(F)cc2)C(F)(F)F)CC1. The highest BCUT2D eigenvalue weighted by Crippen LogP contribution is 2.42. The Hall–Kier alpha value is -2.28. The summed E-state index contributed by atoms with van der Waals surface area (Å²) in [6, 6.07) is -0.906. The summed E-state index contributed by atoms with van der Waals surface area (Å²) >= 11 is 0. The molecule has 0 heterocycles. The minimum Gasteiger partial charge on any atom is -0.291 e. The zero-order chi connectivity index (χ0) is 22.2. The van der Waals surface area contributed by atoms with Crippen molar-refractivity contribution in [1.29, 1.82) is 0 Å². The predicted octanol–water partition coefficient (Wildman–Crippen LogP) is 4.74. The van der Waals surface area contributed by atoms with E-state index in [1.807, 2.05) is 5.32 Å². The first kappa shape index (κ1) is 22.4. The van der Waals surface area contributed by atoms with Crippen LogP contribution >= 0.6 is 0 Å². The highest BCUT2D eigenvalue weighted by molar-refractivity contribution is 5.83. The van der Waals surface area contributed by atoms with Crippen LogP contribution in [0.5, 0.6) is 0 Å². The molecule has 0 saturated heterocycles. The maximum atomic E-state index is 14.4. The molecule has 0 bridgehead atoms. The highest BCUT2D eigenvalue weighted by atomic mass is 19.4. The Kier molecular flexibility index (Phi) is 6.05. The van der Waals surface area contributed by atoms with E-state index in [0.29, 0.717) is 25.7 Å². The van der Waals surface area contributed by atoms with E-state index in [2.05, 4.69) is 10.2 Å². The molecule has 2 aliphatic carbocycles. The minimum absolute atomic E-state index is 0.197. The van der Waals surface area contributed by atoms with Crippen molar-refractivity contribution in [3.63, 3.8) is 0 Å². The number of alkyl halides is 5. The van der Waals surface area contributed by atoms with Gasteiger partial charge in [-0.25, -0.2) is 19.7 Å². The Morgan fingerprint density at radius 3 is 2.23 bits per heavy atom. The molecule has 0 radical (unpaired) electrons. The molecule has 10 heteroatoms. The summed E-state index contributed by atoms with van der Waals surface area (Å²) < 4.78 is 83.0. The molecule has 1 aromatic rings. The number of rotatable bonds is 9. The van der Waals surface area contributed by atoms with E-state index in [1.54, 1.807) is 0 Å². The average Bonchev–Trinajstić information content (AvgIpc) is 3.56. The number of carbonyl (C=O) groups excluding carboxylic acids is 1. The number of benzene rings is 1. The van der Waals surface area contributed by atoms with Gasteiger partial charge in [0.25, 0.3) is 0 Å². The molecule has 0 aliphatic heterocycles. The molecular weight excluding hydrogens is 412 g/mol. The monoisotopic (exact) mass is 433 g/mol. The lowest BCUT2D eigenvalue weighted by Crippen LogP contribution is -2.53. The molecule has 3 rings (SSSR count). The second kappa shape index (κ2) is 8.10. The van der Waals surface area contributed by atoms with Crippen molar-refractivity contribution in [3.05, 3.63) is 47.1 Å². The maximum absolute atomic E-state index is 14.4. The third-order valence-electron chi connectivity index (χ3n) is 5.30. The quantitative estimate of drug-likeness (QED) is 0.437. The van der Waals surface area contributed by atoms with Crippen molar-refractivity contribution < 1.29 is 31.1 Å². The molecule has 0 unspecified atom stereocenters. The molecule has 1 aromatic carbocycles. The predicted molar refractivity (Wildman–Crippen MR) is 95.7 cm³/mol. The molecule has 164 valence electrons. The molecular formula is C20H21F6N3O. The van der Waals surface area contributed by atoms with Crippen molar-refractivity contribution in [2.45, 2.75) is 68.4 Å². The fourth-order valence-corrected chi connectivity index (χ4v) is 3.29. The summed E-state index contributed by atoms with van der Waals surface area (Å²) in [6.45, 7) is 7.10. The van der Waals surface area contributed by atoms with E-state index in [-0.39, 0.29) is 5.92 Å². The second-order valence-corrected chi connectivity index (χ2v) is 8.09. The van der Waals surface area contributed by atoms with Crippen molar-refractivity contribution in [2.24, 2.45) is 5.92 Å². The molecule has 4 nitrogen and oxygen atoms in total. The number of amides is 1. The summed E-state index contributed by atoms with van der Waals surface area (Å²) in [5.74, 6) is -5.37. The molecule has 2 saturated carbocycles. The number of nitrogens with zero attached hydrogens (tertiary/aromatic N) is 1. The van der Waals surface area contributed by atoms with Gasteiger partial charge in [0.2, 0.25) is 11.8 Å². The summed E-state index contributed by atoms with van der Waals surface area (Å²) in [5.41, 5.74) is -1.63. The largest absolute Gasteiger partial charge is 0.407 e. The van der Waals surface area contributed by atoms with Crippen molar-refractivity contribution in [2.75, 3.05) is 0 Å². The first-order valence-corrected chi connectivity index (χ1v) is 9.60. The van der Waals surface area contributed by atoms with E-state index < -0.39 is 60.0 Å². The van der Waals surface area contributed by atoms with Gasteiger partial charge in [-0.2, -0.15) is 13.2 Å². The summed E-state index contributed by atoms with van der Waals surface area (Å²) in [6.07, 6.45) is -4.67. The maximum Gasteiger partial charge on any atom is 0.407 e. The number of nitrogens with one attached hydrogen (secondary N) is 2. The van der Waals surface area contributed by atoms with Gasteiger partial charge in [0.05, 0.1) is 18.9 Å². The van der Waals surface area contributed by atoms with Gasteiger partial charge in [0, 0.05) is 12.8 Å². The van der Waals surface area contributed by atoms with Gasteiger partial charge in [-0.15, -0.1) is 0 Å². The molecule has 0 aromatic heterocycles. The van der Waals surface area contributed by atoms with Crippen LogP contribution in [0.15, 0.2) is 24.3 Å². The van der Waals surface area contributed by atoms with Crippen molar-refractivity contribution in [3.8, 4) is 0 Å². The van der Waals surface area contributed by atoms with Gasteiger partial charge in [-0.3, -0.25) is 20.3 Å². The van der Waals surface area contributed by atoms with Crippen molar-refractivity contribution >= 4 is 5.91 Å². The van der Waals surface area contributed by atoms with E-state index in [1.165, 1.54) is 0 Å². The third kappa shape index (κ3) is 5.88. The zero-order valence-electron chi connectivity index (χ0n) is 15.9. The van der Waals surface area contributed by atoms with Crippen molar-refractivity contribution in [1.82, 2.24) is 10.6 Å². The lowest BCUT2D eigenvalue weighted by molar-refractivity contribution is -0.163. The molecule has 0 spiro atoms. The first-order valence-electron chi connectivity index (χ1n) is 9.60. The van der Waals surface area contributed by atoms with Crippen LogP contribution in [0.2, 0.25) is 0 Å². The normalized spacial score (nSPS) is 20.2. The second-order valence-electron chi connectivity index (χ2n) is 8.09. The zero-order valence-corrected chi connectivity index (χ0v) is 15.9. The molecule has 30 heavy (non-hydrogen) atoms. The highest BCUT2D eigenvalue weighted by Gasteiger charge is 2.54. The van der Waals surface area contributed by atoms with Crippen LogP contribution in [0.4, 0.5) is 26.3 Å². The smallest absolute Gasteiger partial charge is 0.291 e. The van der Waals surface area contributed by atoms with Crippen LogP contribution in [0, 0.1) is 18.3 Å². The third-order valence-corrected chi connectivity index (χ3v) is 5.30. The fourth-order valence-electron chi connectivity index (χ4n) is 3.29. The van der Waals surface area contributed by atoms with Gasteiger partial charge < -0.3 is 0 Å². The first-order chi connectivity index (χ1) is 13.9. The standard InChI is InChI=1S/C20H21F6N3O/c1-27-19(8-9-19)29-17(30)15(11-18(22,23)10-12-2-3-12)28-16(20(24,25)26)13-4-6-14(21)7-5-13/h4-7,12,15-16,28H,2-3,8-11H2,(H,29,30)/t15-,16-/m0/s1. The molecule has 2 N–H and O–H groups in total. The van der Waals surface area contributed by atoms with Gasteiger partial charge in [-0.05, 0) is 36.5 Å². The summed E-state index contributed by atoms with van der Waals surface area (Å²) in [7, 11) is 0. The van der Waals surface area contributed by atoms with E-state index >= 15 is 0 Å². The Bertz CT molecular complexity index is 809. The molecule has 2 atom stereocenters. The molecule has 2 aliphatic rings. The van der Waals surface area contributed by atoms with E-state index in [4.69, 9.17) is 6.57 Å².